The van der Waals surface area contributed by atoms with E-state index >= 15 is 0 Å². The van der Waals surface area contributed by atoms with Crippen molar-refractivity contribution in [1.29, 1.82) is 0 Å². The molecular formula is C12H18O2. The number of ether oxygens (including phenoxy) is 1. The molecule has 14 heavy (non-hydrogen) atoms. The number of carbonyl (C=O) groups is 1. The number of hydrogen-bond acceptors (Lipinski definition) is 2. The average Bonchev–Trinajstić information content (AvgIpc) is 2.91. The summed E-state index contributed by atoms with van der Waals surface area (Å²) in [6, 6.07) is 0. The van der Waals surface area contributed by atoms with Gasteiger partial charge in [-0.15, -0.1) is 0 Å². The molecule has 1 aliphatic heterocycles. The first kappa shape index (κ1) is 8.90. The Morgan fingerprint density at radius 1 is 1.07 bits per heavy atom. The summed E-state index contributed by atoms with van der Waals surface area (Å²) in [5.74, 6) is 1.25. The molecule has 3 atom stereocenters. The molecule has 0 aromatic rings. The minimum absolute atomic E-state index is 0.167. The van der Waals surface area contributed by atoms with E-state index in [9.17, 15) is 4.79 Å². The number of Topliss-reactive ketones (excluding diaryl/α,β-unsaturated/α-hetero) is 1. The Kier molecular flexibility index (Phi) is 1.94. The Balaban J connectivity index is 1.81. The smallest absolute Gasteiger partial charge is 0.139 e. The molecule has 1 saturated heterocycles. The zero-order chi connectivity index (χ0) is 9.60. The lowest BCUT2D eigenvalue weighted by Gasteiger charge is -2.33. The molecule has 78 valence electrons. The number of fused-ring (bicyclic) bond motifs is 2. The zero-order valence-corrected chi connectivity index (χ0v) is 8.63. The van der Waals surface area contributed by atoms with Crippen LogP contribution < -0.4 is 0 Å². The Morgan fingerprint density at radius 3 is 2.14 bits per heavy atom. The van der Waals surface area contributed by atoms with Gasteiger partial charge in [-0.25, -0.2) is 0 Å². The minimum Gasteiger partial charge on any atom is -0.370 e. The van der Waals surface area contributed by atoms with Gasteiger partial charge in [-0.3, -0.25) is 4.79 Å². The first-order valence-corrected chi connectivity index (χ1v) is 5.97. The van der Waals surface area contributed by atoms with Crippen LogP contribution in [0.25, 0.3) is 0 Å². The summed E-state index contributed by atoms with van der Waals surface area (Å²) in [6.07, 6.45) is 8.14. The Bertz CT molecular complexity index is 235. The fourth-order valence-corrected chi connectivity index (χ4v) is 3.30. The largest absolute Gasteiger partial charge is 0.370 e. The van der Waals surface area contributed by atoms with Crippen LogP contribution in [0.2, 0.25) is 0 Å². The first-order valence-electron chi connectivity index (χ1n) is 5.97. The highest BCUT2D eigenvalue weighted by Gasteiger charge is 2.53. The molecular weight excluding hydrogens is 176 g/mol. The molecule has 0 N–H and O–H groups in total. The monoisotopic (exact) mass is 194 g/mol. The van der Waals surface area contributed by atoms with Crippen molar-refractivity contribution in [3.63, 3.8) is 0 Å². The van der Waals surface area contributed by atoms with Gasteiger partial charge < -0.3 is 4.74 Å². The molecule has 2 saturated carbocycles. The summed E-state index contributed by atoms with van der Waals surface area (Å²) < 4.78 is 5.57. The van der Waals surface area contributed by atoms with Crippen LogP contribution in [0.4, 0.5) is 0 Å². The van der Waals surface area contributed by atoms with Crippen molar-refractivity contribution >= 4 is 5.78 Å². The van der Waals surface area contributed by atoms with Gasteiger partial charge >= 0.3 is 0 Å². The fraction of sp³-hybridized carbons (Fsp3) is 0.917. The topological polar surface area (TPSA) is 29.6 Å². The zero-order valence-electron chi connectivity index (χ0n) is 8.63. The minimum atomic E-state index is 0.167. The lowest BCUT2D eigenvalue weighted by Crippen LogP contribution is -2.38. The number of rotatable bonds is 0. The van der Waals surface area contributed by atoms with Crippen LogP contribution in [-0.4, -0.2) is 18.0 Å². The van der Waals surface area contributed by atoms with Crippen molar-refractivity contribution in [2.24, 2.45) is 11.8 Å². The van der Waals surface area contributed by atoms with Crippen LogP contribution in [0.5, 0.6) is 0 Å². The van der Waals surface area contributed by atoms with Gasteiger partial charge in [0.1, 0.15) is 5.78 Å². The van der Waals surface area contributed by atoms with Crippen LogP contribution in [0, 0.1) is 11.8 Å². The maximum atomic E-state index is 12.0. The van der Waals surface area contributed by atoms with Crippen LogP contribution in [-0.2, 0) is 9.53 Å². The van der Waals surface area contributed by atoms with Gasteiger partial charge in [0.25, 0.3) is 0 Å². The summed E-state index contributed by atoms with van der Waals surface area (Å²) in [5.41, 5.74) is 0.167. The van der Waals surface area contributed by atoms with Crippen molar-refractivity contribution in [3.8, 4) is 0 Å². The average molecular weight is 194 g/mol. The number of epoxide rings is 1. The van der Waals surface area contributed by atoms with Gasteiger partial charge in [-0.2, -0.15) is 0 Å². The van der Waals surface area contributed by atoms with Gasteiger partial charge in [-0.1, -0.05) is 19.3 Å². The SMILES string of the molecule is O=C1[C@@H]2CCCCC[C@H]1CC1(CO1)C2. The molecule has 1 unspecified atom stereocenters. The molecule has 2 nitrogen and oxygen atoms in total. The summed E-state index contributed by atoms with van der Waals surface area (Å²) >= 11 is 0. The third-order valence-electron chi connectivity index (χ3n) is 4.20. The van der Waals surface area contributed by atoms with Crippen molar-refractivity contribution in [2.75, 3.05) is 6.61 Å². The van der Waals surface area contributed by atoms with E-state index < -0.39 is 0 Å². The van der Waals surface area contributed by atoms with Crippen molar-refractivity contribution in [2.45, 2.75) is 50.5 Å². The van der Waals surface area contributed by atoms with E-state index in [2.05, 4.69) is 0 Å². The summed E-state index contributed by atoms with van der Waals surface area (Å²) in [6.45, 7) is 0.924. The van der Waals surface area contributed by atoms with E-state index in [1.165, 1.54) is 19.3 Å². The third kappa shape index (κ3) is 1.40. The lowest BCUT2D eigenvalue weighted by atomic mass is 9.69. The van der Waals surface area contributed by atoms with E-state index in [0.717, 1.165) is 32.3 Å². The van der Waals surface area contributed by atoms with Crippen molar-refractivity contribution in [1.82, 2.24) is 0 Å². The molecule has 3 aliphatic rings. The van der Waals surface area contributed by atoms with Gasteiger partial charge in [0, 0.05) is 11.8 Å². The summed E-state index contributed by atoms with van der Waals surface area (Å²) in [5, 5.41) is 0. The van der Waals surface area contributed by atoms with Gasteiger partial charge in [0.05, 0.1) is 12.2 Å². The number of ketones is 1. The molecule has 2 aliphatic carbocycles. The molecule has 0 amide bonds. The molecule has 3 fully saturated rings. The molecule has 2 bridgehead atoms. The van der Waals surface area contributed by atoms with Gasteiger partial charge in [0.15, 0.2) is 0 Å². The van der Waals surface area contributed by atoms with E-state index in [-0.39, 0.29) is 5.60 Å². The summed E-state index contributed by atoms with van der Waals surface area (Å²) in [7, 11) is 0. The number of carbonyl (C=O) groups excluding carboxylic acids is 1. The van der Waals surface area contributed by atoms with Gasteiger partial charge in [0.2, 0.25) is 0 Å². The quantitative estimate of drug-likeness (QED) is 0.554. The molecule has 0 radical (unpaired) electrons. The normalized spacial score (nSPS) is 47.3. The van der Waals surface area contributed by atoms with E-state index in [0.29, 0.717) is 17.6 Å². The highest BCUT2D eigenvalue weighted by molar-refractivity contribution is 5.84. The molecule has 1 spiro atoms. The predicted molar refractivity (Wildman–Crippen MR) is 53.0 cm³/mol. The summed E-state index contributed by atoms with van der Waals surface area (Å²) in [4.78, 5) is 12.0. The maximum Gasteiger partial charge on any atom is 0.139 e. The van der Waals surface area contributed by atoms with E-state index in [4.69, 9.17) is 4.74 Å². The third-order valence-corrected chi connectivity index (χ3v) is 4.20. The molecule has 0 aromatic carbocycles. The van der Waals surface area contributed by atoms with Crippen LogP contribution in [0.3, 0.4) is 0 Å². The highest BCUT2D eigenvalue weighted by atomic mass is 16.6. The fourth-order valence-electron chi connectivity index (χ4n) is 3.30. The number of hydrogen-bond donors (Lipinski definition) is 0. The molecule has 3 rings (SSSR count). The van der Waals surface area contributed by atoms with Crippen LogP contribution >= 0.6 is 0 Å². The van der Waals surface area contributed by atoms with Crippen molar-refractivity contribution < 1.29 is 9.53 Å². The second kappa shape index (κ2) is 3.06. The molecule has 2 heteroatoms. The molecule has 1 heterocycles. The second-order valence-corrected chi connectivity index (χ2v) is 5.31. The van der Waals surface area contributed by atoms with Crippen LogP contribution in [0.15, 0.2) is 0 Å². The lowest BCUT2D eigenvalue weighted by molar-refractivity contribution is -0.132. The molecule has 0 aromatic heterocycles. The maximum absolute atomic E-state index is 12.0. The van der Waals surface area contributed by atoms with E-state index in [1.807, 2.05) is 0 Å². The Labute approximate surface area is 85.0 Å². The highest BCUT2D eigenvalue weighted by Crippen LogP contribution is 2.48. The predicted octanol–water partition coefficient (Wildman–Crippen LogP) is 2.31. The standard InChI is InChI=1S/C12H18O2/c13-11-9-4-2-1-3-5-10(11)7-12(6-9)8-14-12/h9-10H,1-8H2/t9-,10+,12?. The Hall–Kier alpha value is -0.370. The second-order valence-electron chi connectivity index (χ2n) is 5.31. The van der Waals surface area contributed by atoms with Crippen LogP contribution in [0.1, 0.15) is 44.9 Å². The Morgan fingerprint density at radius 2 is 1.64 bits per heavy atom. The van der Waals surface area contributed by atoms with Crippen molar-refractivity contribution in [3.05, 3.63) is 0 Å². The van der Waals surface area contributed by atoms with E-state index in [1.54, 1.807) is 0 Å². The first-order chi connectivity index (χ1) is 6.79. The van der Waals surface area contributed by atoms with Gasteiger partial charge in [-0.05, 0) is 25.7 Å².